The van der Waals surface area contributed by atoms with Crippen molar-refractivity contribution in [2.24, 2.45) is 4.99 Å². The molecule has 2 heterocycles. The standard InChI is InChI=1S/C21H26ClN5.HI/c1-3-23-21(24-10-8-16-5-7-20(22)27-13-16)25-11-9-17-14-26-19-12-15(2)4-6-18(17)19;/h4-7,12-14,26H,3,8-11H2,1-2H3,(H2,23,24,25);1H. The van der Waals surface area contributed by atoms with Gasteiger partial charge in [0.25, 0.3) is 0 Å². The lowest BCUT2D eigenvalue weighted by Crippen LogP contribution is -2.38. The van der Waals surface area contributed by atoms with Crippen LogP contribution in [0.2, 0.25) is 5.15 Å². The van der Waals surface area contributed by atoms with E-state index in [0.29, 0.717) is 5.15 Å². The van der Waals surface area contributed by atoms with Crippen molar-refractivity contribution in [2.75, 3.05) is 19.6 Å². The van der Waals surface area contributed by atoms with Gasteiger partial charge < -0.3 is 15.6 Å². The van der Waals surface area contributed by atoms with E-state index in [1.54, 1.807) is 0 Å². The Morgan fingerprint density at radius 3 is 2.79 bits per heavy atom. The Hall–Kier alpha value is -1.80. The number of aliphatic imine (C=N–C) groups is 1. The SMILES string of the molecule is CCNC(=NCCc1c[nH]c2cc(C)ccc12)NCCc1ccc(Cl)nc1.I. The van der Waals surface area contributed by atoms with Crippen LogP contribution in [0.15, 0.2) is 47.7 Å². The van der Waals surface area contributed by atoms with Gasteiger partial charge >= 0.3 is 0 Å². The summed E-state index contributed by atoms with van der Waals surface area (Å²) in [6.45, 7) is 6.54. The predicted octanol–water partition coefficient (Wildman–Crippen LogP) is 4.48. The average Bonchev–Trinajstić information content (AvgIpc) is 3.05. The van der Waals surface area contributed by atoms with Crippen LogP contribution in [0.4, 0.5) is 0 Å². The molecule has 0 aliphatic heterocycles. The number of H-pyrrole nitrogens is 1. The molecule has 0 aliphatic rings. The van der Waals surface area contributed by atoms with Crippen molar-refractivity contribution in [1.29, 1.82) is 0 Å². The number of nitrogens with one attached hydrogen (secondary N) is 3. The van der Waals surface area contributed by atoms with Gasteiger partial charge in [0.1, 0.15) is 5.15 Å². The Morgan fingerprint density at radius 2 is 2.04 bits per heavy atom. The summed E-state index contributed by atoms with van der Waals surface area (Å²) in [5, 5.41) is 8.48. The Balaban J connectivity index is 0.00000280. The summed E-state index contributed by atoms with van der Waals surface area (Å²) >= 11 is 5.82. The highest BCUT2D eigenvalue weighted by molar-refractivity contribution is 14.0. The molecule has 3 aromatic rings. The molecule has 0 radical (unpaired) electrons. The fraction of sp³-hybridized carbons (Fsp3) is 0.333. The third-order valence-electron chi connectivity index (χ3n) is 4.41. The number of aromatic nitrogens is 2. The van der Waals surface area contributed by atoms with Crippen molar-refractivity contribution >= 4 is 52.4 Å². The summed E-state index contributed by atoms with van der Waals surface area (Å²) < 4.78 is 0. The van der Waals surface area contributed by atoms with Gasteiger partial charge in [-0.1, -0.05) is 29.8 Å². The second kappa shape index (κ2) is 11.3. The molecule has 7 heteroatoms. The molecule has 28 heavy (non-hydrogen) atoms. The van der Waals surface area contributed by atoms with Crippen molar-refractivity contribution in [2.45, 2.75) is 26.7 Å². The Labute approximate surface area is 188 Å². The van der Waals surface area contributed by atoms with Gasteiger partial charge in [-0.3, -0.25) is 4.99 Å². The van der Waals surface area contributed by atoms with E-state index in [-0.39, 0.29) is 24.0 Å². The van der Waals surface area contributed by atoms with E-state index >= 15 is 0 Å². The molecule has 150 valence electrons. The van der Waals surface area contributed by atoms with Crippen molar-refractivity contribution in [3.05, 3.63) is 64.6 Å². The molecule has 0 fully saturated rings. The molecule has 0 amide bonds. The minimum Gasteiger partial charge on any atom is -0.361 e. The first-order valence-corrected chi connectivity index (χ1v) is 9.72. The number of hydrogen-bond acceptors (Lipinski definition) is 2. The second-order valence-electron chi connectivity index (χ2n) is 6.54. The summed E-state index contributed by atoms with van der Waals surface area (Å²) in [6, 6.07) is 10.3. The van der Waals surface area contributed by atoms with Crippen molar-refractivity contribution < 1.29 is 0 Å². The largest absolute Gasteiger partial charge is 0.361 e. The smallest absolute Gasteiger partial charge is 0.191 e. The molecule has 0 atom stereocenters. The summed E-state index contributed by atoms with van der Waals surface area (Å²) in [5.74, 6) is 0.843. The molecule has 3 rings (SSSR count). The number of rotatable bonds is 7. The van der Waals surface area contributed by atoms with Crippen molar-refractivity contribution in [1.82, 2.24) is 20.6 Å². The fourth-order valence-corrected chi connectivity index (χ4v) is 3.13. The normalized spacial score (nSPS) is 11.3. The Bertz CT molecular complexity index is 905. The van der Waals surface area contributed by atoms with E-state index in [1.165, 1.54) is 22.0 Å². The van der Waals surface area contributed by atoms with Crippen LogP contribution in [0, 0.1) is 6.92 Å². The minimum atomic E-state index is 0. The summed E-state index contributed by atoms with van der Waals surface area (Å²) in [4.78, 5) is 12.2. The predicted molar refractivity (Wildman–Crippen MR) is 129 cm³/mol. The number of halogens is 2. The highest BCUT2D eigenvalue weighted by Crippen LogP contribution is 2.19. The zero-order chi connectivity index (χ0) is 19.1. The van der Waals surface area contributed by atoms with Crippen LogP contribution in [-0.2, 0) is 12.8 Å². The molecule has 0 saturated carbocycles. The summed E-state index contributed by atoms with van der Waals surface area (Å²) in [5.41, 5.74) is 4.91. The third kappa shape index (κ3) is 6.38. The molecule has 3 N–H and O–H groups in total. The van der Waals surface area contributed by atoms with Crippen LogP contribution in [0.5, 0.6) is 0 Å². The molecule has 0 aliphatic carbocycles. The molecule has 0 spiro atoms. The van der Waals surface area contributed by atoms with Gasteiger partial charge in [-0.2, -0.15) is 0 Å². The van der Waals surface area contributed by atoms with Gasteiger partial charge in [-0.25, -0.2) is 4.98 Å². The molecule has 0 bridgehead atoms. The number of aryl methyl sites for hydroxylation is 1. The van der Waals surface area contributed by atoms with E-state index in [2.05, 4.69) is 58.8 Å². The highest BCUT2D eigenvalue weighted by Gasteiger charge is 2.04. The quantitative estimate of drug-likeness (QED) is 0.190. The van der Waals surface area contributed by atoms with Crippen molar-refractivity contribution in [3.63, 3.8) is 0 Å². The van der Waals surface area contributed by atoms with Gasteiger partial charge in [-0.05, 0) is 55.5 Å². The Kier molecular flexibility index (Phi) is 9.05. The van der Waals surface area contributed by atoms with Gasteiger partial charge in [0.15, 0.2) is 5.96 Å². The fourth-order valence-electron chi connectivity index (χ4n) is 3.02. The maximum atomic E-state index is 5.82. The highest BCUT2D eigenvalue weighted by atomic mass is 127. The van der Waals surface area contributed by atoms with Gasteiger partial charge in [0.05, 0.1) is 0 Å². The van der Waals surface area contributed by atoms with Gasteiger partial charge in [0.2, 0.25) is 0 Å². The van der Waals surface area contributed by atoms with Crippen molar-refractivity contribution in [3.8, 4) is 0 Å². The Morgan fingerprint density at radius 1 is 1.18 bits per heavy atom. The number of hydrogen-bond donors (Lipinski definition) is 3. The van der Waals surface area contributed by atoms with Crippen LogP contribution in [-0.4, -0.2) is 35.6 Å². The average molecular weight is 512 g/mol. The lowest BCUT2D eigenvalue weighted by atomic mass is 10.1. The zero-order valence-electron chi connectivity index (χ0n) is 16.3. The first kappa shape index (κ1) is 22.5. The van der Waals surface area contributed by atoms with E-state index in [4.69, 9.17) is 16.6 Å². The number of nitrogens with zero attached hydrogens (tertiary/aromatic N) is 2. The van der Waals surface area contributed by atoms with Gasteiger partial charge in [-0.15, -0.1) is 24.0 Å². The van der Waals surface area contributed by atoms with E-state index in [1.807, 2.05) is 18.3 Å². The molecule has 0 saturated heterocycles. The van der Waals surface area contributed by atoms with Crippen LogP contribution in [0.1, 0.15) is 23.6 Å². The topological polar surface area (TPSA) is 65.1 Å². The lowest BCUT2D eigenvalue weighted by molar-refractivity contribution is 0.795. The third-order valence-corrected chi connectivity index (χ3v) is 4.64. The molecule has 0 unspecified atom stereocenters. The molecular weight excluding hydrogens is 485 g/mol. The number of pyridine rings is 1. The van der Waals surface area contributed by atoms with E-state index in [0.717, 1.165) is 44.0 Å². The lowest BCUT2D eigenvalue weighted by Gasteiger charge is -2.11. The first-order chi connectivity index (χ1) is 13.2. The van der Waals surface area contributed by atoms with Crippen LogP contribution >= 0.6 is 35.6 Å². The summed E-state index contributed by atoms with van der Waals surface area (Å²) in [6.07, 6.45) is 5.68. The molecule has 5 nitrogen and oxygen atoms in total. The maximum absolute atomic E-state index is 5.82. The maximum Gasteiger partial charge on any atom is 0.191 e. The van der Waals surface area contributed by atoms with Crippen LogP contribution in [0.25, 0.3) is 10.9 Å². The molecule has 2 aromatic heterocycles. The number of aromatic amines is 1. The minimum absolute atomic E-state index is 0. The van der Waals surface area contributed by atoms with Crippen LogP contribution < -0.4 is 10.6 Å². The van der Waals surface area contributed by atoms with Gasteiger partial charge in [0, 0.05) is 42.9 Å². The molecular formula is C21H27ClIN5. The van der Waals surface area contributed by atoms with E-state index < -0.39 is 0 Å². The zero-order valence-corrected chi connectivity index (χ0v) is 19.3. The first-order valence-electron chi connectivity index (χ1n) is 9.35. The summed E-state index contributed by atoms with van der Waals surface area (Å²) in [7, 11) is 0. The number of fused-ring (bicyclic) bond motifs is 1. The monoisotopic (exact) mass is 511 g/mol. The number of guanidine groups is 1. The second-order valence-corrected chi connectivity index (χ2v) is 6.93. The molecule has 1 aromatic carbocycles. The van der Waals surface area contributed by atoms with E-state index in [9.17, 15) is 0 Å². The number of benzene rings is 1. The van der Waals surface area contributed by atoms with Crippen LogP contribution in [0.3, 0.4) is 0 Å².